The Morgan fingerprint density at radius 1 is 0.440 bits per heavy atom. The van der Waals surface area contributed by atoms with Crippen molar-refractivity contribution in [2.24, 2.45) is 5.73 Å². The molecule has 1 aliphatic rings. The van der Waals surface area contributed by atoms with E-state index in [1.807, 2.05) is 18.2 Å². The molecule has 1 fully saturated rings. The Balaban J connectivity index is 1.97. The van der Waals surface area contributed by atoms with Crippen molar-refractivity contribution in [3.8, 4) is 17.2 Å². The standard InChI is InChI=1S/C91H158N6O12/c1-9-12-15-18-21-24-27-30-33-36-39-42-45-48-51-57-65-105-81-69-76(70-82(106-66-58-52-49-46-43-40-37-34-31-28-25-22-19-16-13-10-2)85(81)107-67-59-53-50-47-44-41-38-35-32-29-26-23-20-17-14-11-3)73-108-89(103)78-71-84(99)94-79(90(104)109-91(5,6)7)72-83(98)93-74(4)86(100)95-77(63-60-64-92)88(102)97(8)80(87(101)96-78)68-75-61-55-54-56-62-75/h54-56,61-62,69-70,74,77-80H,9-53,57-60,63-68,71-73,92H2,1-8H3,(H,93,98)(H,94,99)(H,95,100)(H,96,101)/t74-,77+,78+,79+,80+/m1/s1. The second-order valence-corrected chi connectivity index (χ2v) is 32.5. The van der Waals surface area contributed by atoms with Crippen molar-refractivity contribution < 1.29 is 57.2 Å². The van der Waals surface area contributed by atoms with Gasteiger partial charge < -0.3 is 55.6 Å². The lowest BCUT2D eigenvalue weighted by atomic mass is 10.0. The van der Waals surface area contributed by atoms with E-state index in [1.165, 1.54) is 269 Å². The summed E-state index contributed by atoms with van der Waals surface area (Å²) in [6.45, 7) is 14.4. The van der Waals surface area contributed by atoms with Gasteiger partial charge in [-0.05, 0) is 89.6 Å². The molecule has 2 aromatic carbocycles. The van der Waals surface area contributed by atoms with E-state index in [1.54, 1.807) is 45.0 Å². The van der Waals surface area contributed by atoms with Gasteiger partial charge in [0.2, 0.25) is 35.3 Å². The number of rotatable bonds is 63. The van der Waals surface area contributed by atoms with E-state index in [4.69, 9.17) is 29.4 Å². The van der Waals surface area contributed by atoms with Crippen LogP contribution in [-0.2, 0) is 56.1 Å². The summed E-state index contributed by atoms with van der Waals surface area (Å²) in [5, 5.41) is 10.7. The SMILES string of the molecule is CCCCCCCCCCCCCCCCCCOc1cc(COC(=O)[C@@H]2CC(=O)N[C@H](C(=O)OC(C)(C)C)CC(=O)N[C@H](C)C(=O)N[C@@H](CCCN)C(=O)N(C)[C@@H](Cc3ccccc3)C(=O)N2)cc(OCCCCCCCCCCCCCCCCCC)c1OCCCCCCCCCCCCCCCCCC. The van der Waals surface area contributed by atoms with Crippen molar-refractivity contribution in [2.75, 3.05) is 33.4 Å². The molecule has 5 atom stereocenters. The number of ether oxygens (including phenoxy) is 5. The van der Waals surface area contributed by atoms with Gasteiger partial charge in [-0.3, -0.25) is 24.0 Å². The van der Waals surface area contributed by atoms with Gasteiger partial charge in [0, 0.05) is 13.5 Å². The predicted octanol–water partition coefficient (Wildman–Crippen LogP) is 20.6. The van der Waals surface area contributed by atoms with Gasteiger partial charge in [0.15, 0.2) is 11.5 Å². The molecule has 0 aliphatic carbocycles. The fraction of sp³-hybridized carbons (Fsp3) is 0.791. The summed E-state index contributed by atoms with van der Waals surface area (Å²) in [7, 11) is 1.44. The van der Waals surface area contributed by atoms with Gasteiger partial charge in [-0.2, -0.15) is 0 Å². The van der Waals surface area contributed by atoms with Crippen LogP contribution >= 0.6 is 0 Å². The van der Waals surface area contributed by atoms with Crippen LogP contribution in [0.4, 0.5) is 0 Å². The molecule has 2 aromatic rings. The average Bonchev–Trinajstić information content (AvgIpc) is 1.17. The van der Waals surface area contributed by atoms with Crippen molar-refractivity contribution >= 4 is 41.5 Å². The fourth-order valence-electron chi connectivity index (χ4n) is 14.4. The number of nitrogens with one attached hydrogen (secondary N) is 4. The molecule has 3 rings (SSSR count). The van der Waals surface area contributed by atoms with Crippen LogP contribution in [0.1, 0.15) is 393 Å². The van der Waals surface area contributed by atoms with Crippen LogP contribution in [0, 0.1) is 0 Å². The molecule has 0 spiro atoms. The number of carbonyl (C=O) groups excluding carboxylic acids is 7. The molecule has 18 heteroatoms. The van der Waals surface area contributed by atoms with Crippen molar-refractivity contribution in [3.05, 3.63) is 53.6 Å². The van der Waals surface area contributed by atoms with Crippen molar-refractivity contribution in [3.63, 3.8) is 0 Å². The van der Waals surface area contributed by atoms with Crippen molar-refractivity contribution in [1.82, 2.24) is 26.2 Å². The number of likely N-dealkylation sites (N-methyl/N-ethyl adjacent to an activating group) is 1. The molecule has 5 amide bonds. The Morgan fingerprint density at radius 2 is 0.798 bits per heavy atom. The van der Waals surface area contributed by atoms with E-state index in [-0.39, 0.29) is 26.0 Å². The smallest absolute Gasteiger partial charge is 0.329 e. The Labute approximate surface area is 662 Å². The molecule has 624 valence electrons. The quantitative estimate of drug-likeness (QED) is 0.0306. The van der Waals surface area contributed by atoms with Gasteiger partial charge in [0.1, 0.15) is 42.4 Å². The number of unbranched alkanes of at least 4 members (excludes halogenated alkanes) is 45. The summed E-state index contributed by atoms with van der Waals surface area (Å²) < 4.78 is 32.1. The van der Waals surface area contributed by atoms with Crippen molar-refractivity contribution in [1.29, 1.82) is 0 Å². The summed E-state index contributed by atoms with van der Waals surface area (Å²) >= 11 is 0. The summed E-state index contributed by atoms with van der Waals surface area (Å²) in [5.74, 6) is -4.27. The third kappa shape index (κ3) is 48.6. The first-order valence-electron chi connectivity index (χ1n) is 44.6. The number of benzene rings is 2. The Morgan fingerprint density at radius 3 is 1.17 bits per heavy atom. The minimum Gasteiger partial charge on any atom is -0.490 e. The van der Waals surface area contributed by atoms with E-state index in [2.05, 4.69) is 42.0 Å². The summed E-state index contributed by atoms with van der Waals surface area (Å²) in [4.78, 5) is 102. The van der Waals surface area contributed by atoms with Gasteiger partial charge in [-0.1, -0.05) is 340 Å². The van der Waals surface area contributed by atoms with Crippen LogP contribution in [0.2, 0.25) is 0 Å². The van der Waals surface area contributed by atoms with E-state index in [0.29, 0.717) is 54.6 Å². The number of hydrogen-bond donors (Lipinski definition) is 5. The Kier molecular flexibility index (Phi) is 56.8. The molecular weight excluding hydrogens is 1370 g/mol. The average molecular weight is 1530 g/mol. The summed E-state index contributed by atoms with van der Waals surface area (Å²) in [6.07, 6.45) is 59.5. The fourth-order valence-corrected chi connectivity index (χ4v) is 14.4. The second kappa shape index (κ2) is 63.6. The first-order chi connectivity index (χ1) is 52.9. The number of hydrogen-bond acceptors (Lipinski definition) is 13. The first-order valence-corrected chi connectivity index (χ1v) is 44.6. The van der Waals surface area contributed by atoms with E-state index in [9.17, 15) is 28.8 Å². The minimum atomic E-state index is -1.69. The summed E-state index contributed by atoms with van der Waals surface area (Å²) in [6, 6.07) is 5.74. The lowest BCUT2D eigenvalue weighted by molar-refractivity contribution is -0.160. The van der Waals surface area contributed by atoms with Gasteiger partial charge >= 0.3 is 11.9 Å². The Bertz CT molecular complexity index is 2630. The molecule has 1 aliphatic heterocycles. The molecule has 0 radical (unpaired) electrons. The van der Waals surface area contributed by atoms with Gasteiger partial charge in [-0.15, -0.1) is 0 Å². The molecule has 1 saturated heterocycles. The topological polar surface area (TPSA) is 243 Å². The number of carbonyl (C=O) groups is 7. The van der Waals surface area contributed by atoms with Crippen LogP contribution in [0.3, 0.4) is 0 Å². The lowest BCUT2D eigenvalue weighted by Crippen LogP contribution is -2.58. The third-order valence-corrected chi connectivity index (χ3v) is 21.1. The highest BCUT2D eigenvalue weighted by Crippen LogP contribution is 2.40. The molecule has 18 nitrogen and oxygen atoms in total. The van der Waals surface area contributed by atoms with Crippen LogP contribution in [0.25, 0.3) is 0 Å². The maximum atomic E-state index is 15.1. The number of nitrogens with zero attached hydrogens (tertiary/aromatic N) is 1. The highest BCUT2D eigenvalue weighted by Gasteiger charge is 2.38. The number of amides is 5. The van der Waals surface area contributed by atoms with Gasteiger partial charge in [0.25, 0.3) is 0 Å². The number of esters is 2. The first kappa shape index (κ1) is 97.3. The second-order valence-electron chi connectivity index (χ2n) is 32.5. The van der Waals surface area contributed by atoms with Crippen LogP contribution < -0.4 is 41.2 Å². The molecule has 0 aromatic heterocycles. The van der Waals surface area contributed by atoms with Crippen LogP contribution in [-0.4, -0.2) is 116 Å². The minimum absolute atomic E-state index is 0.0219. The molecular formula is C91H158N6O12. The lowest BCUT2D eigenvalue weighted by Gasteiger charge is -2.32. The Hall–Kier alpha value is -5.91. The van der Waals surface area contributed by atoms with Gasteiger partial charge in [0.05, 0.1) is 32.7 Å². The largest absolute Gasteiger partial charge is 0.490 e. The summed E-state index contributed by atoms with van der Waals surface area (Å²) in [5.41, 5.74) is 6.10. The monoisotopic (exact) mass is 1530 g/mol. The highest BCUT2D eigenvalue weighted by atomic mass is 16.6. The van der Waals surface area contributed by atoms with E-state index >= 15 is 4.79 Å². The normalized spacial score (nSPS) is 17.0. The third-order valence-electron chi connectivity index (χ3n) is 21.1. The number of nitrogens with two attached hydrogens (primary N) is 1. The zero-order chi connectivity index (χ0) is 79.2. The van der Waals surface area contributed by atoms with E-state index in [0.717, 1.165) is 57.8 Å². The molecule has 0 bridgehead atoms. The molecule has 1 heterocycles. The molecule has 0 unspecified atom stereocenters. The van der Waals surface area contributed by atoms with Crippen LogP contribution in [0.15, 0.2) is 42.5 Å². The van der Waals surface area contributed by atoms with Crippen LogP contribution in [0.5, 0.6) is 17.2 Å². The maximum Gasteiger partial charge on any atom is 0.329 e. The predicted molar refractivity (Wildman–Crippen MR) is 445 cm³/mol. The highest BCUT2D eigenvalue weighted by molar-refractivity contribution is 5.97. The van der Waals surface area contributed by atoms with E-state index < -0.39 is 90.1 Å². The molecule has 0 saturated carbocycles. The van der Waals surface area contributed by atoms with Gasteiger partial charge in [-0.25, -0.2) is 9.59 Å². The maximum absolute atomic E-state index is 15.1. The zero-order valence-electron chi connectivity index (χ0n) is 70.4. The zero-order valence-corrected chi connectivity index (χ0v) is 70.4. The molecule has 109 heavy (non-hydrogen) atoms. The molecule has 6 N–H and O–H groups in total. The van der Waals surface area contributed by atoms with Crippen molar-refractivity contribution in [2.45, 2.75) is 431 Å².